The minimum atomic E-state index is -2.52. The van der Waals surface area contributed by atoms with Crippen LogP contribution in [-0.4, -0.2) is 26.1 Å². The molecule has 1 fully saturated rings. The third kappa shape index (κ3) is 2.80. The molecule has 1 heterocycles. The van der Waals surface area contributed by atoms with Crippen LogP contribution in [-0.2, 0) is 0 Å². The SMILES string of the molecule is COc1ccc(N2CCC(F)(F)CC2)cc1Cl. The zero-order valence-corrected chi connectivity index (χ0v) is 10.3. The molecule has 0 amide bonds. The number of nitrogens with zero attached hydrogens (tertiary/aromatic N) is 1. The van der Waals surface area contributed by atoms with E-state index in [9.17, 15) is 8.78 Å². The maximum Gasteiger partial charge on any atom is 0.251 e. The van der Waals surface area contributed by atoms with E-state index in [1.54, 1.807) is 19.2 Å². The number of piperidine rings is 1. The van der Waals surface area contributed by atoms with Gasteiger partial charge in [-0.1, -0.05) is 11.6 Å². The van der Waals surface area contributed by atoms with Crippen molar-refractivity contribution in [2.24, 2.45) is 0 Å². The second-order valence-electron chi connectivity index (χ2n) is 4.16. The van der Waals surface area contributed by atoms with Crippen molar-refractivity contribution in [1.82, 2.24) is 0 Å². The number of rotatable bonds is 2. The summed E-state index contributed by atoms with van der Waals surface area (Å²) in [7, 11) is 1.54. The van der Waals surface area contributed by atoms with Crippen LogP contribution in [0.2, 0.25) is 5.02 Å². The van der Waals surface area contributed by atoms with Crippen LogP contribution in [0.3, 0.4) is 0 Å². The van der Waals surface area contributed by atoms with E-state index in [1.165, 1.54) is 0 Å². The Labute approximate surface area is 104 Å². The maximum atomic E-state index is 13.0. The Morgan fingerprint density at radius 2 is 1.94 bits per heavy atom. The number of hydrogen-bond donors (Lipinski definition) is 0. The number of ether oxygens (including phenoxy) is 1. The molecule has 5 heteroatoms. The van der Waals surface area contributed by atoms with Gasteiger partial charge in [-0.15, -0.1) is 0 Å². The van der Waals surface area contributed by atoms with Crippen LogP contribution in [0.1, 0.15) is 12.8 Å². The molecular formula is C12H14ClF2NO. The minimum absolute atomic E-state index is 0.101. The van der Waals surface area contributed by atoms with E-state index in [4.69, 9.17) is 16.3 Å². The van der Waals surface area contributed by atoms with Crippen LogP contribution >= 0.6 is 11.6 Å². The highest BCUT2D eigenvalue weighted by molar-refractivity contribution is 6.32. The molecule has 1 aliphatic heterocycles. The van der Waals surface area contributed by atoms with Gasteiger partial charge in [0.05, 0.1) is 12.1 Å². The zero-order chi connectivity index (χ0) is 12.5. The predicted octanol–water partition coefficient (Wildman–Crippen LogP) is 3.58. The molecule has 0 radical (unpaired) electrons. The summed E-state index contributed by atoms with van der Waals surface area (Å²) in [5, 5.41) is 0.502. The third-order valence-electron chi connectivity index (χ3n) is 3.00. The molecule has 0 unspecified atom stereocenters. The van der Waals surface area contributed by atoms with E-state index in [1.807, 2.05) is 11.0 Å². The Balaban J connectivity index is 2.11. The van der Waals surface area contributed by atoms with Gasteiger partial charge in [0.2, 0.25) is 0 Å². The van der Waals surface area contributed by atoms with E-state index < -0.39 is 5.92 Å². The fourth-order valence-electron chi connectivity index (χ4n) is 1.94. The molecule has 0 spiro atoms. The molecule has 2 nitrogen and oxygen atoms in total. The molecule has 17 heavy (non-hydrogen) atoms. The summed E-state index contributed by atoms with van der Waals surface area (Å²) in [5.74, 6) is -1.93. The van der Waals surface area contributed by atoms with Crippen LogP contribution in [0.5, 0.6) is 5.75 Å². The number of methoxy groups -OCH3 is 1. The Kier molecular flexibility index (Phi) is 3.43. The van der Waals surface area contributed by atoms with Gasteiger partial charge in [-0.2, -0.15) is 0 Å². The van der Waals surface area contributed by atoms with Crippen LogP contribution in [0.4, 0.5) is 14.5 Å². The fourth-order valence-corrected chi connectivity index (χ4v) is 2.20. The summed E-state index contributed by atoms with van der Waals surface area (Å²) >= 11 is 6.00. The van der Waals surface area contributed by atoms with Gasteiger partial charge in [0.15, 0.2) is 0 Å². The Bertz CT molecular complexity index is 401. The van der Waals surface area contributed by atoms with Crippen LogP contribution in [0.15, 0.2) is 18.2 Å². The molecule has 0 N–H and O–H groups in total. The van der Waals surface area contributed by atoms with Gasteiger partial charge in [0.1, 0.15) is 5.75 Å². The molecule has 1 aliphatic rings. The molecule has 1 aromatic rings. The summed E-state index contributed by atoms with van der Waals surface area (Å²) < 4.78 is 31.1. The van der Waals surface area contributed by atoms with Crippen LogP contribution in [0.25, 0.3) is 0 Å². The van der Waals surface area contributed by atoms with Gasteiger partial charge in [-0.05, 0) is 18.2 Å². The fraction of sp³-hybridized carbons (Fsp3) is 0.500. The molecule has 0 aromatic heterocycles. The summed E-state index contributed by atoms with van der Waals surface area (Å²) in [6, 6.07) is 5.35. The zero-order valence-electron chi connectivity index (χ0n) is 9.55. The predicted molar refractivity (Wildman–Crippen MR) is 64.4 cm³/mol. The lowest BCUT2D eigenvalue weighted by Gasteiger charge is -2.33. The summed E-state index contributed by atoms with van der Waals surface area (Å²) in [6.45, 7) is 0.714. The largest absolute Gasteiger partial charge is 0.495 e. The molecule has 0 saturated carbocycles. The smallest absolute Gasteiger partial charge is 0.251 e. The van der Waals surface area contributed by atoms with Crippen LogP contribution in [0, 0.1) is 0 Å². The normalized spacial score (nSPS) is 19.2. The number of benzene rings is 1. The van der Waals surface area contributed by atoms with Crippen molar-refractivity contribution >= 4 is 17.3 Å². The average Bonchev–Trinajstić information content (AvgIpc) is 2.29. The van der Waals surface area contributed by atoms with E-state index in [0.717, 1.165) is 5.69 Å². The molecule has 1 aromatic carbocycles. The Morgan fingerprint density at radius 3 is 2.47 bits per heavy atom. The van der Waals surface area contributed by atoms with Gasteiger partial charge in [0.25, 0.3) is 5.92 Å². The van der Waals surface area contributed by atoms with E-state index in [0.29, 0.717) is 23.9 Å². The van der Waals surface area contributed by atoms with Gasteiger partial charge in [-0.25, -0.2) is 8.78 Å². The first-order valence-corrected chi connectivity index (χ1v) is 5.86. The molecule has 2 rings (SSSR count). The second-order valence-corrected chi connectivity index (χ2v) is 4.57. The summed E-state index contributed by atoms with van der Waals surface area (Å²) in [5.41, 5.74) is 0.867. The van der Waals surface area contributed by atoms with Crippen molar-refractivity contribution in [3.05, 3.63) is 23.2 Å². The minimum Gasteiger partial charge on any atom is -0.495 e. The summed E-state index contributed by atoms with van der Waals surface area (Å²) in [4.78, 5) is 1.92. The topological polar surface area (TPSA) is 12.5 Å². The molecular weight excluding hydrogens is 248 g/mol. The van der Waals surface area contributed by atoms with Crippen molar-refractivity contribution in [2.45, 2.75) is 18.8 Å². The Hall–Kier alpha value is -1.03. The molecule has 1 saturated heterocycles. The first-order valence-electron chi connectivity index (χ1n) is 5.48. The molecule has 0 aliphatic carbocycles. The Morgan fingerprint density at radius 1 is 1.29 bits per heavy atom. The van der Waals surface area contributed by atoms with Crippen molar-refractivity contribution in [2.75, 3.05) is 25.1 Å². The van der Waals surface area contributed by atoms with Crippen molar-refractivity contribution in [3.63, 3.8) is 0 Å². The van der Waals surface area contributed by atoms with Crippen molar-refractivity contribution in [1.29, 1.82) is 0 Å². The number of anilines is 1. The lowest BCUT2D eigenvalue weighted by atomic mass is 10.1. The van der Waals surface area contributed by atoms with Gasteiger partial charge in [0, 0.05) is 31.6 Å². The van der Waals surface area contributed by atoms with Gasteiger partial charge >= 0.3 is 0 Å². The van der Waals surface area contributed by atoms with Crippen molar-refractivity contribution in [3.8, 4) is 5.75 Å². The lowest BCUT2D eigenvalue weighted by molar-refractivity contribution is -0.0220. The lowest BCUT2D eigenvalue weighted by Crippen LogP contribution is -2.39. The van der Waals surface area contributed by atoms with E-state index in [2.05, 4.69) is 0 Å². The number of alkyl halides is 2. The second kappa shape index (κ2) is 4.69. The maximum absolute atomic E-state index is 13.0. The first-order chi connectivity index (χ1) is 8.02. The molecule has 94 valence electrons. The van der Waals surface area contributed by atoms with E-state index >= 15 is 0 Å². The van der Waals surface area contributed by atoms with Gasteiger partial charge < -0.3 is 9.64 Å². The monoisotopic (exact) mass is 261 g/mol. The molecule has 0 bridgehead atoms. The quantitative estimate of drug-likeness (QED) is 0.807. The highest BCUT2D eigenvalue weighted by Gasteiger charge is 2.34. The standard InChI is InChI=1S/C12H14ClF2NO/c1-17-11-3-2-9(8-10(11)13)16-6-4-12(14,15)5-7-16/h2-3,8H,4-7H2,1H3. The first kappa shape index (κ1) is 12.4. The highest BCUT2D eigenvalue weighted by Crippen LogP contribution is 2.33. The number of halogens is 3. The third-order valence-corrected chi connectivity index (χ3v) is 3.29. The van der Waals surface area contributed by atoms with Crippen LogP contribution < -0.4 is 9.64 Å². The average molecular weight is 262 g/mol. The van der Waals surface area contributed by atoms with Gasteiger partial charge in [-0.3, -0.25) is 0 Å². The highest BCUT2D eigenvalue weighted by atomic mass is 35.5. The van der Waals surface area contributed by atoms with E-state index in [-0.39, 0.29) is 12.8 Å². The number of hydrogen-bond acceptors (Lipinski definition) is 2. The summed E-state index contributed by atoms with van der Waals surface area (Å²) in [6.07, 6.45) is -0.201. The van der Waals surface area contributed by atoms with Crippen molar-refractivity contribution < 1.29 is 13.5 Å². The molecule has 0 atom stereocenters.